The van der Waals surface area contributed by atoms with Gasteiger partial charge in [0, 0.05) is 37.2 Å². The molecule has 0 fully saturated rings. The average molecular weight is 604 g/mol. The molecule has 3 N–H and O–H groups in total. The minimum Gasteiger partial charge on any atom is -0.489 e. The van der Waals surface area contributed by atoms with E-state index in [1.807, 2.05) is 0 Å². The van der Waals surface area contributed by atoms with Crippen molar-refractivity contribution in [3.8, 4) is 5.75 Å². The summed E-state index contributed by atoms with van der Waals surface area (Å²) in [4.78, 5) is 38.0. The van der Waals surface area contributed by atoms with Crippen LogP contribution in [0.15, 0.2) is 42.5 Å². The first kappa shape index (κ1) is 32.9. The van der Waals surface area contributed by atoms with E-state index in [0.717, 1.165) is 4.90 Å². The number of alkyl halides is 6. The van der Waals surface area contributed by atoms with Gasteiger partial charge in [0.1, 0.15) is 18.6 Å². The standard InChI is InChI=1S/C28H31F6N3O5/c29-27(30,31)10-12-36(13-11-28(32,33)34)14-18-4-6-19(7-5-18)17-42-24-3-1-2-20-21(24)15-37(26(20)41)23(22(35)16-38)8-9-25(39)40/h1-7,16,22-23H,8-15,17,35H2,(H,39,40). The Labute approximate surface area is 238 Å². The van der Waals surface area contributed by atoms with Crippen LogP contribution in [0.5, 0.6) is 5.75 Å². The van der Waals surface area contributed by atoms with Gasteiger partial charge in [0.15, 0.2) is 0 Å². The van der Waals surface area contributed by atoms with Gasteiger partial charge < -0.3 is 25.3 Å². The molecule has 8 nitrogen and oxygen atoms in total. The van der Waals surface area contributed by atoms with Gasteiger partial charge in [0.25, 0.3) is 5.91 Å². The molecule has 2 unspecified atom stereocenters. The van der Waals surface area contributed by atoms with Crippen LogP contribution in [0.3, 0.4) is 0 Å². The summed E-state index contributed by atoms with van der Waals surface area (Å²) in [5.74, 6) is -1.12. The van der Waals surface area contributed by atoms with E-state index < -0.39 is 62.2 Å². The first-order valence-corrected chi connectivity index (χ1v) is 13.1. The first-order valence-electron chi connectivity index (χ1n) is 13.1. The van der Waals surface area contributed by atoms with Gasteiger partial charge in [0.05, 0.1) is 31.5 Å². The van der Waals surface area contributed by atoms with Gasteiger partial charge in [-0.05, 0) is 29.7 Å². The number of hydrogen-bond donors (Lipinski definition) is 2. The number of aldehydes is 1. The fourth-order valence-corrected chi connectivity index (χ4v) is 4.65. The monoisotopic (exact) mass is 603 g/mol. The van der Waals surface area contributed by atoms with Crippen LogP contribution in [0.1, 0.15) is 52.7 Å². The Balaban J connectivity index is 1.66. The van der Waals surface area contributed by atoms with Gasteiger partial charge in [-0.1, -0.05) is 30.3 Å². The van der Waals surface area contributed by atoms with Crippen molar-refractivity contribution in [2.45, 2.75) is 69.8 Å². The Morgan fingerprint density at radius 1 is 1.02 bits per heavy atom. The van der Waals surface area contributed by atoms with E-state index in [9.17, 15) is 40.7 Å². The lowest BCUT2D eigenvalue weighted by Crippen LogP contribution is -2.49. The third-order valence-electron chi connectivity index (χ3n) is 6.86. The van der Waals surface area contributed by atoms with Crippen molar-refractivity contribution in [2.24, 2.45) is 5.73 Å². The van der Waals surface area contributed by atoms with Crippen molar-refractivity contribution in [2.75, 3.05) is 13.1 Å². The molecule has 0 aromatic heterocycles. The van der Waals surface area contributed by atoms with Crippen LogP contribution in [-0.2, 0) is 29.3 Å². The highest BCUT2D eigenvalue weighted by molar-refractivity contribution is 5.99. The Morgan fingerprint density at radius 3 is 2.17 bits per heavy atom. The number of nitrogens with two attached hydrogens (primary N) is 1. The van der Waals surface area contributed by atoms with Crippen LogP contribution in [0, 0.1) is 0 Å². The Kier molecular flexibility index (Phi) is 11.0. The normalized spacial score (nSPS) is 15.0. The van der Waals surface area contributed by atoms with Gasteiger partial charge in [-0.3, -0.25) is 14.5 Å². The summed E-state index contributed by atoms with van der Waals surface area (Å²) in [6.45, 7) is -1.11. The molecule has 1 aliphatic rings. The number of carboxylic acids is 1. The smallest absolute Gasteiger partial charge is 0.390 e. The third kappa shape index (κ3) is 9.72. The molecule has 1 amide bonds. The van der Waals surface area contributed by atoms with Crippen molar-refractivity contribution in [3.05, 3.63) is 64.7 Å². The number of rotatable bonds is 15. The number of carboxylic acid groups (broad SMARTS) is 1. The molecule has 1 heterocycles. The summed E-state index contributed by atoms with van der Waals surface area (Å²) in [6, 6.07) is 9.43. The van der Waals surface area contributed by atoms with E-state index >= 15 is 0 Å². The van der Waals surface area contributed by atoms with Gasteiger partial charge in [0.2, 0.25) is 0 Å². The Hall–Kier alpha value is -3.65. The number of amides is 1. The fraction of sp³-hybridized carbons (Fsp3) is 0.464. The van der Waals surface area contributed by atoms with E-state index in [4.69, 9.17) is 15.6 Å². The number of ether oxygens (including phenoxy) is 1. The second kappa shape index (κ2) is 14.0. The topological polar surface area (TPSA) is 113 Å². The van der Waals surface area contributed by atoms with Gasteiger partial charge in [-0.15, -0.1) is 0 Å². The Bertz CT molecular complexity index is 1220. The van der Waals surface area contributed by atoms with Crippen LogP contribution >= 0.6 is 0 Å². The molecule has 0 saturated heterocycles. The second-order valence-corrected chi connectivity index (χ2v) is 10.0. The summed E-state index contributed by atoms with van der Waals surface area (Å²) in [5.41, 5.74) is 7.95. The van der Waals surface area contributed by atoms with Crippen molar-refractivity contribution in [1.82, 2.24) is 9.80 Å². The Morgan fingerprint density at radius 2 is 1.62 bits per heavy atom. The molecule has 3 rings (SSSR count). The molecule has 14 heteroatoms. The number of aliphatic carboxylic acids is 1. The predicted molar refractivity (Wildman–Crippen MR) is 138 cm³/mol. The maximum absolute atomic E-state index is 13.1. The highest BCUT2D eigenvalue weighted by Crippen LogP contribution is 2.34. The first-order chi connectivity index (χ1) is 19.7. The minimum absolute atomic E-state index is 0.0126. The van der Waals surface area contributed by atoms with Gasteiger partial charge in [-0.2, -0.15) is 26.3 Å². The number of benzene rings is 2. The minimum atomic E-state index is -4.49. The van der Waals surface area contributed by atoms with Crippen molar-refractivity contribution >= 4 is 18.2 Å². The van der Waals surface area contributed by atoms with Gasteiger partial charge >= 0.3 is 18.3 Å². The van der Waals surface area contributed by atoms with Crippen molar-refractivity contribution in [3.63, 3.8) is 0 Å². The SMILES string of the molecule is NC(C=O)C(CCC(=O)O)N1Cc2c(OCc3ccc(CN(CCC(F)(F)F)CCC(F)(F)F)cc3)cccc2C1=O. The van der Waals surface area contributed by atoms with E-state index in [1.54, 1.807) is 42.5 Å². The van der Waals surface area contributed by atoms with Crippen LogP contribution in [0.2, 0.25) is 0 Å². The number of nitrogens with zero attached hydrogens (tertiary/aromatic N) is 2. The maximum Gasteiger partial charge on any atom is 0.390 e. The van der Waals surface area contributed by atoms with E-state index in [-0.39, 0.29) is 32.5 Å². The zero-order chi connectivity index (χ0) is 31.1. The molecule has 2 aromatic carbocycles. The highest BCUT2D eigenvalue weighted by atomic mass is 19.4. The zero-order valence-electron chi connectivity index (χ0n) is 22.5. The average Bonchev–Trinajstić information content (AvgIpc) is 3.25. The summed E-state index contributed by atoms with van der Waals surface area (Å²) >= 11 is 0. The van der Waals surface area contributed by atoms with Crippen LogP contribution in [0.25, 0.3) is 0 Å². The van der Waals surface area contributed by atoms with Gasteiger partial charge in [-0.25, -0.2) is 0 Å². The largest absolute Gasteiger partial charge is 0.489 e. The molecule has 1 aliphatic heterocycles. The van der Waals surface area contributed by atoms with Crippen LogP contribution in [-0.4, -0.2) is 70.6 Å². The maximum atomic E-state index is 13.1. The number of halogens is 6. The fourth-order valence-electron chi connectivity index (χ4n) is 4.65. The molecule has 0 saturated carbocycles. The lowest BCUT2D eigenvalue weighted by Gasteiger charge is -2.29. The third-order valence-corrected chi connectivity index (χ3v) is 6.86. The summed E-state index contributed by atoms with van der Waals surface area (Å²) in [6.07, 6.45) is -11.3. The predicted octanol–water partition coefficient (Wildman–Crippen LogP) is 4.69. The summed E-state index contributed by atoms with van der Waals surface area (Å²) in [5, 5.41) is 9.05. The second-order valence-electron chi connectivity index (χ2n) is 10.0. The van der Waals surface area contributed by atoms with E-state index in [1.165, 1.54) is 4.90 Å². The molecular weight excluding hydrogens is 572 g/mol. The molecule has 0 spiro atoms. The number of fused-ring (bicyclic) bond motifs is 1. The molecule has 0 aliphatic carbocycles. The highest BCUT2D eigenvalue weighted by Gasteiger charge is 2.37. The molecule has 0 bridgehead atoms. The number of carbonyl (C=O) groups is 3. The number of carbonyl (C=O) groups excluding carboxylic acids is 2. The molecule has 230 valence electrons. The summed E-state index contributed by atoms with van der Waals surface area (Å²) in [7, 11) is 0. The number of hydrogen-bond acceptors (Lipinski definition) is 6. The quantitative estimate of drug-likeness (QED) is 0.224. The zero-order valence-corrected chi connectivity index (χ0v) is 22.5. The molecule has 42 heavy (non-hydrogen) atoms. The van der Waals surface area contributed by atoms with Crippen LogP contribution < -0.4 is 10.5 Å². The van der Waals surface area contributed by atoms with Crippen molar-refractivity contribution in [1.29, 1.82) is 0 Å². The van der Waals surface area contributed by atoms with E-state index in [0.29, 0.717) is 34.3 Å². The summed E-state index contributed by atoms with van der Waals surface area (Å²) < 4.78 is 81.9. The molecule has 2 atom stereocenters. The molecule has 0 radical (unpaired) electrons. The lowest BCUT2D eigenvalue weighted by atomic mass is 10.0. The van der Waals surface area contributed by atoms with E-state index in [2.05, 4.69) is 0 Å². The van der Waals surface area contributed by atoms with Crippen molar-refractivity contribution < 1.29 is 50.6 Å². The van der Waals surface area contributed by atoms with Crippen LogP contribution in [0.4, 0.5) is 26.3 Å². The lowest BCUT2D eigenvalue weighted by molar-refractivity contribution is -0.146. The molecule has 2 aromatic rings. The molecular formula is C28H31F6N3O5.